The monoisotopic (exact) mass is 264 g/mol. The molecule has 0 saturated carbocycles. The molecule has 104 valence electrons. The van der Waals surface area contributed by atoms with E-state index in [1.54, 1.807) is 4.90 Å². The third-order valence-corrected chi connectivity index (χ3v) is 3.10. The second-order valence-corrected chi connectivity index (χ2v) is 4.56. The molecule has 5 heteroatoms. The summed E-state index contributed by atoms with van der Waals surface area (Å²) in [5.74, 6) is 0. The average molecular weight is 264 g/mol. The van der Waals surface area contributed by atoms with E-state index in [4.69, 9.17) is 9.84 Å². The van der Waals surface area contributed by atoms with E-state index in [0.29, 0.717) is 26.3 Å². The molecule has 0 aliphatic carbocycles. The molecular formula is C14H20N2O3. The second-order valence-electron chi connectivity index (χ2n) is 4.56. The number of rotatable bonds is 4. The van der Waals surface area contributed by atoms with Gasteiger partial charge in [0, 0.05) is 25.4 Å². The van der Waals surface area contributed by atoms with Gasteiger partial charge >= 0.3 is 6.03 Å². The Labute approximate surface area is 113 Å². The maximum absolute atomic E-state index is 12.0. The van der Waals surface area contributed by atoms with Crippen molar-refractivity contribution in [3.8, 4) is 0 Å². The standard InChI is InChI=1S/C14H20N2O3/c17-8-2-4-12-3-1-5-13(11-12)15-14(18)16-6-9-19-10-7-16/h1,3,5,11,17H,2,4,6-10H2,(H,15,18). The maximum Gasteiger partial charge on any atom is 0.321 e. The third-order valence-electron chi connectivity index (χ3n) is 3.10. The van der Waals surface area contributed by atoms with Crippen LogP contribution in [-0.4, -0.2) is 48.9 Å². The highest BCUT2D eigenvalue weighted by Gasteiger charge is 2.16. The van der Waals surface area contributed by atoms with Gasteiger partial charge in [0.2, 0.25) is 0 Å². The molecule has 2 rings (SSSR count). The Morgan fingerprint density at radius 1 is 1.37 bits per heavy atom. The molecule has 0 atom stereocenters. The van der Waals surface area contributed by atoms with Gasteiger partial charge in [-0.25, -0.2) is 4.79 Å². The Bertz CT molecular complexity index is 417. The number of carbonyl (C=O) groups is 1. The van der Waals surface area contributed by atoms with Gasteiger partial charge in [-0.1, -0.05) is 12.1 Å². The van der Waals surface area contributed by atoms with E-state index >= 15 is 0 Å². The van der Waals surface area contributed by atoms with Crippen molar-refractivity contribution in [2.45, 2.75) is 12.8 Å². The summed E-state index contributed by atoms with van der Waals surface area (Å²) in [6.07, 6.45) is 1.55. The molecule has 1 aromatic carbocycles. The molecule has 0 spiro atoms. The highest BCUT2D eigenvalue weighted by Crippen LogP contribution is 2.13. The molecule has 2 N–H and O–H groups in total. The quantitative estimate of drug-likeness (QED) is 0.866. The van der Waals surface area contributed by atoms with Crippen LogP contribution in [0.4, 0.5) is 10.5 Å². The molecule has 0 unspecified atom stereocenters. The third kappa shape index (κ3) is 4.22. The summed E-state index contributed by atoms with van der Waals surface area (Å²) < 4.78 is 5.22. The van der Waals surface area contributed by atoms with Crippen LogP contribution in [0, 0.1) is 0 Å². The summed E-state index contributed by atoms with van der Waals surface area (Å²) in [4.78, 5) is 13.8. The lowest BCUT2D eigenvalue weighted by Crippen LogP contribution is -2.43. The van der Waals surface area contributed by atoms with Gasteiger partial charge in [-0.15, -0.1) is 0 Å². The van der Waals surface area contributed by atoms with E-state index < -0.39 is 0 Å². The number of nitrogens with one attached hydrogen (secondary N) is 1. The van der Waals surface area contributed by atoms with E-state index in [2.05, 4.69) is 5.32 Å². The predicted octanol–water partition coefficient (Wildman–Crippen LogP) is 1.48. The number of hydrogen-bond donors (Lipinski definition) is 2. The van der Waals surface area contributed by atoms with E-state index in [1.807, 2.05) is 24.3 Å². The molecule has 1 saturated heterocycles. The van der Waals surface area contributed by atoms with Crippen LogP contribution in [0.25, 0.3) is 0 Å². The summed E-state index contributed by atoms with van der Waals surface area (Å²) in [5.41, 5.74) is 1.92. The minimum absolute atomic E-state index is 0.0809. The van der Waals surface area contributed by atoms with Crippen LogP contribution < -0.4 is 5.32 Å². The van der Waals surface area contributed by atoms with Crippen LogP contribution in [0.15, 0.2) is 24.3 Å². The molecule has 0 radical (unpaired) electrons. The van der Waals surface area contributed by atoms with Gasteiger partial charge in [0.05, 0.1) is 13.2 Å². The number of aryl methyl sites for hydroxylation is 1. The number of aliphatic hydroxyl groups is 1. The topological polar surface area (TPSA) is 61.8 Å². The van der Waals surface area contributed by atoms with E-state index in [-0.39, 0.29) is 12.6 Å². The first-order valence-corrected chi connectivity index (χ1v) is 6.63. The molecule has 1 heterocycles. The zero-order valence-corrected chi connectivity index (χ0v) is 11.0. The lowest BCUT2D eigenvalue weighted by Gasteiger charge is -2.27. The fourth-order valence-electron chi connectivity index (χ4n) is 2.06. The molecule has 1 aliphatic heterocycles. The van der Waals surface area contributed by atoms with Crippen molar-refractivity contribution in [2.75, 3.05) is 38.2 Å². The smallest absolute Gasteiger partial charge is 0.321 e. The summed E-state index contributed by atoms with van der Waals surface area (Å²) in [6, 6.07) is 7.67. The van der Waals surface area contributed by atoms with Gasteiger partial charge in [0.1, 0.15) is 0 Å². The van der Waals surface area contributed by atoms with Crippen LogP contribution in [-0.2, 0) is 11.2 Å². The van der Waals surface area contributed by atoms with Crippen molar-refractivity contribution >= 4 is 11.7 Å². The molecular weight excluding hydrogens is 244 g/mol. The molecule has 0 aromatic heterocycles. The molecule has 1 aromatic rings. The zero-order valence-electron chi connectivity index (χ0n) is 11.0. The Balaban J connectivity index is 1.92. The zero-order chi connectivity index (χ0) is 13.5. The van der Waals surface area contributed by atoms with Crippen molar-refractivity contribution < 1.29 is 14.6 Å². The number of ether oxygens (including phenoxy) is 1. The first kappa shape index (κ1) is 13.8. The van der Waals surface area contributed by atoms with Crippen LogP contribution in [0.2, 0.25) is 0 Å². The Morgan fingerprint density at radius 2 is 2.16 bits per heavy atom. The van der Waals surface area contributed by atoms with E-state index in [9.17, 15) is 4.79 Å². The second kappa shape index (κ2) is 7.11. The van der Waals surface area contributed by atoms with Crippen LogP contribution >= 0.6 is 0 Å². The van der Waals surface area contributed by atoms with Gasteiger partial charge < -0.3 is 20.1 Å². The van der Waals surface area contributed by atoms with Gasteiger partial charge in [-0.3, -0.25) is 0 Å². The SMILES string of the molecule is O=C(Nc1cccc(CCCO)c1)N1CCOCC1. The number of amides is 2. The van der Waals surface area contributed by atoms with Crippen molar-refractivity contribution in [2.24, 2.45) is 0 Å². The minimum Gasteiger partial charge on any atom is -0.396 e. The van der Waals surface area contributed by atoms with Gasteiger partial charge in [-0.05, 0) is 30.5 Å². The Hall–Kier alpha value is -1.59. The molecule has 19 heavy (non-hydrogen) atoms. The number of hydrogen-bond acceptors (Lipinski definition) is 3. The van der Waals surface area contributed by atoms with Crippen LogP contribution in [0.1, 0.15) is 12.0 Å². The number of nitrogens with zero attached hydrogens (tertiary/aromatic N) is 1. The van der Waals surface area contributed by atoms with E-state index in [0.717, 1.165) is 24.1 Å². The number of aliphatic hydroxyl groups excluding tert-OH is 1. The van der Waals surface area contributed by atoms with E-state index in [1.165, 1.54) is 0 Å². The molecule has 2 amide bonds. The largest absolute Gasteiger partial charge is 0.396 e. The Kier molecular flexibility index (Phi) is 5.18. The highest BCUT2D eigenvalue weighted by molar-refractivity contribution is 5.89. The molecule has 0 bridgehead atoms. The molecule has 1 aliphatic rings. The van der Waals surface area contributed by atoms with Crippen molar-refractivity contribution in [1.82, 2.24) is 4.90 Å². The lowest BCUT2D eigenvalue weighted by molar-refractivity contribution is 0.0564. The van der Waals surface area contributed by atoms with Gasteiger partial charge in [0.15, 0.2) is 0 Å². The summed E-state index contributed by atoms with van der Waals surface area (Å²) >= 11 is 0. The van der Waals surface area contributed by atoms with Gasteiger partial charge in [-0.2, -0.15) is 0 Å². The summed E-state index contributed by atoms with van der Waals surface area (Å²) in [5, 5.41) is 11.7. The number of urea groups is 1. The maximum atomic E-state index is 12.0. The average Bonchev–Trinajstić information content (AvgIpc) is 2.46. The Morgan fingerprint density at radius 3 is 2.89 bits per heavy atom. The number of morpholine rings is 1. The number of benzene rings is 1. The number of anilines is 1. The van der Waals surface area contributed by atoms with Crippen LogP contribution in [0.5, 0.6) is 0 Å². The summed E-state index contributed by atoms with van der Waals surface area (Å²) in [6.45, 7) is 2.66. The number of carbonyl (C=O) groups excluding carboxylic acids is 1. The van der Waals surface area contributed by atoms with Crippen molar-refractivity contribution in [3.63, 3.8) is 0 Å². The molecule has 1 fully saturated rings. The fraction of sp³-hybridized carbons (Fsp3) is 0.500. The molecule has 5 nitrogen and oxygen atoms in total. The normalized spacial score (nSPS) is 15.3. The van der Waals surface area contributed by atoms with Gasteiger partial charge in [0.25, 0.3) is 0 Å². The first-order chi connectivity index (χ1) is 9.29. The first-order valence-electron chi connectivity index (χ1n) is 6.63. The predicted molar refractivity (Wildman–Crippen MR) is 73.3 cm³/mol. The van der Waals surface area contributed by atoms with Crippen molar-refractivity contribution in [1.29, 1.82) is 0 Å². The lowest BCUT2D eigenvalue weighted by atomic mass is 10.1. The fourth-order valence-corrected chi connectivity index (χ4v) is 2.06. The minimum atomic E-state index is -0.0809. The van der Waals surface area contributed by atoms with Crippen LogP contribution in [0.3, 0.4) is 0 Å². The summed E-state index contributed by atoms with van der Waals surface area (Å²) in [7, 11) is 0. The highest BCUT2D eigenvalue weighted by atomic mass is 16.5. The van der Waals surface area contributed by atoms with Crippen molar-refractivity contribution in [3.05, 3.63) is 29.8 Å².